The summed E-state index contributed by atoms with van der Waals surface area (Å²) in [7, 11) is 0. The molecule has 0 bridgehead atoms. The number of piperidine rings is 1. The van der Waals surface area contributed by atoms with Crippen molar-refractivity contribution in [3.8, 4) is 0 Å². The van der Waals surface area contributed by atoms with E-state index in [0.717, 1.165) is 51.3 Å². The molecule has 0 saturated carbocycles. The lowest BCUT2D eigenvalue weighted by atomic mass is 9.79. The molecule has 6 heteroatoms. The third kappa shape index (κ3) is 3.86. The number of likely N-dealkylation sites (tertiary alicyclic amines) is 1. The third-order valence-corrected chi connectivity index (χ3v) is 5.21. The highest BCUT2D eigenvalue weighted by Crippen LogP contribution is 2.35. The van der Waals surface area contributed by atoms with Gasteiger partial charge in [0.05, 0.1) is 5.69 Å². The number of nitrogens with zero attached hydrogens (tertiary/aromatic N) is 3. The van der Waals surface area contributed by atoms with Gasteiger partial charge in [0.15, 0.2) is 0 Å². The van der Waals surface area contributed by atoms with Crippen molar-refractivity contribution in [1.82, 2.24) is 25.3 Å². The topological polar surface area (TPSA) is 62.2 Å². The van der Waals surface area contributed by atoms with Gasteiger partial charge in [0.2, 0.25) is 0 Å². The van der Waals surface area contributed by atoms with Crippen molar-refractivity contribution in [3.63, 3.8) is 0 Å². The molecule has 1 atom stereocenters. The number of nitrogens with one attached hydrogen (secondary N) is 2. The molecule has 2 fully saturated rings. The second-order valence-corrected chi connectivity index (χ2v) is 7.19. The highest BCUT2D eigenvalue weighted by molar-refractivity contribution is 5.74. The van der Waals surface area contributed by atoms with Gasteiger partial charge >= 0.3 is 6.03 Å². The van der Waals surface area contributed by atoms with Crippen LogP contribution in [0.25, 0.3) is 0 Å². The second-order valence-electron chi connectivity index (χ2n) is 7.19. The van der Waals surface area contributed by atoms with Crippen molar-refractivity contribution >= 4 is 6.03 Å². The molecule has 0 radical (unpaired) electrons. The lowest BCUT2D eigenvalue weighted by Crippen LogP contribution is -2.50. The van der Waals surface area contributed by atoms with E-state index in [0.29, 0.717) is 12.0 Å². The SMILES string of the molecule is Cc1cc(C)n(CCCNC(=O)N2CCCC3(CCNC3)C2)n1. The predicted molar refractivity (Wildman–Crippen MR) is 90.4 cm³/mol. The van der Waals surface area contributed by atoms with Crippen molar-refractivity contribution in [2.24, 2.45) is 5.41 Å². The lowest BCUT2D eigenvalue weighted by Gasteiger charge is -2.39. The molecule has 1 aromatic rings. The van der Waals surface area contributed by atoms with Gasteiger partial charge in [0.25, 0.3) is 0 Å². The minimum atomic E-state index is 0.101. The summed E-state index contributed by atoms with van der Waals surface area (Å²) in [6, 6.07) is 2.19. The lowest BCUT2D eigenvalue weighted by molar-refractivity contribution is 0.118. The van der Waals surface area contributed by atoms with Crippen molar-refractivity contribution in [3.05, 3.63) is 17.5 Å². The van der Waals surface area contributed by atoms with Gasteiger partial charge in [-0.3, -0.25) is 4.68 Å². The van der Waals surface area contributed by atoms with E-state index in [2.05, 4.69) is 28.7 Å². The fourth-order valence-electron chi connectivity index (χ4n) is 3.96. The fourth-order valence-corrected chi connectivity index (χ4v) is 3.96. The fraction of sp³-hybridized carbons (Fsp3) is 0.765. The average molecular weight is 319 g/mol. The zero-order valence-electron chi connectivity index (χ0n) is 14.4. The summed E-state index contributed by atoms with van der Waals surface area (Å²) in [4.78, 5) is 14.4. The van der Waals surface area contributed by atoms with Gasteiger partial charge in [-0.15, -0.1) is 0 Å². The smallest absolute Gasteiger partial charge is 0.317 e. The van der Waals surface area contributed by atoms with Gasteiger partial charge in [-0.05, 0) is 52.1 Å². The number of carbonyl (C=O) groups excluding carboxylic acids is 1. The Hall–Kier alpha value is -1.56. The molecule has 0 aromatic carbocycles. The van der Waals surface area contributed by atoms with Crippen LogP contribution >= 0.6 is 0 Å². The van der Waals surface area contributed by atoms with Crippen LogP contribution < -0.4 is 10.6 Å². The summed E-state index contributed by atoms with van der Waals surface area (Å²) in [6.45, 7) is 9.60. The molecular weight excluding hydrogens is 290 g/mol. The number of hydrogen-bond acceptors (Lipinski definition) is 3. The maximum absolute atomic E-state index is 12.4. The Balaban J connectivity index is 1.41. The molecule has 1 aromatic heterocycles. The van der Waals surface area contributed by atoms with Gasteiger partial charge < -0.3 is 15.5 Å². The Bertz CT molecular complexity index is 547. The minimum absolute atomic E-state index is 0.101. The number of amides is 2. The normalized spacial score (nSPS) is 24.3. The highest BCUT2D eigenvalue weighted by atomic mass is 16.2. The van der Waals surface area contributed by atoms with Crippen LogP contribution in [0.3, 0.4) is 0 Å². The van der Waals surface area contributed by atoms with Crippen molar-refractivity contribution < 1.29 is 4.79 Å². The number of hydrogen-bond donors (Lipinski definition) is 2. The van der Waals surface area contributed by atoms with Crippen LogP contribution in [0.15, 0.2) is 6.07 Å². The average Bonchev–Trinajstić information content (AvgIpc) is 3.10. The number of aromatic nitrogens is 2. The van der Waals surface area contributed by atoms with Crippen molar-refractivity contribution in [1.29, 1.82) is 0 Å². The Labute approximate surface area is 138 Å². The molecule has 1 spiro atoms. The van der Waals surface area contributed by atoms with E-state index in [1.807, 2.05) is 16.5 Å². The quantitative estimate of drug-likeness (QED) is 0.830. The van der Waals surface area contributed by atoms with E-state index < -0.39 is 0 Å². The van der Waals surface area contributed by atoms with Crippen LogP contribution in [0.1, 0.15) is 37.1 Å². The number of urea groups is 1. The van der Waals surface area contributed by atoms with Gasteiger partial charge in [-0.1, -0.05) is 0 Å². The monoisotopic (exact) mass is 319 g/mol. The first-order valence-corrected chi connectivity index (χ1v) is 8.83. The summed E-state index contributed by atoms with van der Waals surface area (Å²) in [5, 5.41) is 11.0. The molecule has 23 heavy (non-hydrogen) atoms. The molecule has 2 aliphatic rings. The van der Waals surface area contributed by atoms with E-state index in [1.165, 1.54) is 18.5 Å². The number of rotatable bonds is 4. The molecule has 2 N–H and O–H groups in total. The Morgan fingerprint density at radius 2 is 2.30 bits per heavy atom. The van der Waals surface area contributed by atoms with Crippen LogP contribution in [-0.4, -0.2) is 53.4 Å². The van der Waals surface area contributed by atoms with Crippen molar-refractivity contribution in [2.45, 2.75) is 46.1 Å². The zero-order chi connectivity index (χ0) is 16.3. The summed E-state index contributed by atoms with van der Waals surface area (Å²) in [6.07, 6.45) is 4.49. The van der Waals surface area contributed by atoms with E-state index in [4.69, 9.17) is 0 Å². The van der Waals surface area contributed by atoms with Gasteiger partial charge in [-0.2, -0.15) is 5.10 Å². The molecule has 3 heterocycles. The van der Waals surface area contributed by atoms with E-state index >= 15 is 0 Å². The molecule has 2 saturated heterocycles. The minimum Gasteiger partial charge on any atom is -0.338 e. The summed E-state index contributed by atoms with van der Waals surface area (Å²) >= 11 is 0. The second kappa shape index (κ2) is 6.91. The summed E-state index contributed by atoms with van der Waals surface area (Å²) < 4.78 is 2.02. The van der Waals surface area contributed by atoms with Crippen LogP contribution in [0.4, 0.5) is 4.79 Å². The van der Waals surface area contributed by atoms with Gasteiger partial charge in [-0.25, -0.2) is 4.79 Å². The third-order valence-electron chi connectivity index (χ3n) is 5.21. The number of carbonyl (C=O) groups is 1. The first-order chi connectivity index (χ1) is 11.1. The molecule has 1 unspecified atom stereocenters. The molecule has 0 aliphatic carbocycles. The molecule has 2 amide bonds. The Morgan fingerprint density at radius 3 is 3.00 bits per heavy atom. The summed E-state index contributed by atoms with van der Waals surface area (Å²) in [5.41, 5.74) is 2.56. The van der Waals surface area contributed by atoms with E-state index in [9.17, 15) is 4.79 Å². The standard InChI is InChI=1S/C17H29N5O/c1-14-11-15(2)22(20-14)10-4-7-19-16(23)21-9-3-5-17(13-21)6-8-18-12-17/h11,18H,3-10,12-13H2,1-2H3,(H,19,23). The van der Waals surface area contributed by atoms with Gasteiger partial charge in [0.1, 0.15) is 0 Å². The number of aryl methyl sites for hydroxylation is 3. The van der Waals surface area contributed by atoms with Crippen LogP contribution in [-0.2, 0) is 6.54 Å². The molecule has 128 valence electrons. The molecule has 3 rings (SSSR count). The van der Waals surface area contributed by atoms with Crippen molar-refractivity contribution in [2.75, 3.05) is 32.7 Å². The Morgan fingerprint density at radius 1 is 1.43 bits per heavy atom. The van der Waals surface area contributed by atoms with Crippen LogP contribution in [0.5, 0.6) is 0 Å². The maximum atomic E-state index is 12.4. The molecule has 6 nitrogen and oxygen atoms in total. The summed E-state index contributed by atoms with van der Waals surface area (Å²) in [5.74, 6) is 0. The van der Waals surface area contributed by atoms with E-state index in [1.54, 1.807) is 0 Å². The van der Waals surface area contributed by atoms with Crippen LogP contribution in [0, 0.1) is 19.3 Å². The van der Waals surface area contributed by atoms with Crippen LogP contribution in [0.2, 0.25) is 0 Å². The Kier molecular flexibility index (Phi) is 4.90. The molecular formula is C17H29N5O. The van der Waals surface area contributed by atoms with Gasteiger partial charge in [0, 0.05) is 43.8 Å². The first-order valence-electron chi connectivity index (χ1n) is 8.83. The first kappa shape index (κ1) is 16.3. The maximum Gasteiger partial charge on any atom is 0.317 e. The largest absolute Gasteiger partial charge is 0.338 e. The zero-order valence-corrected chi connectivity index (χ0v) is 14.4. The highest BCUT2D eigenvalue weighted by Gasteiger charge is 2.39. The predicted octanol–water partition coefficient (Wildman–Crippen LogP) is 1.68. The molecule has 2 aliphatic heterocycles. The van der Waals surface area contributed by atoms with E-state index in [-0.39, 0.29) is 6.03 Å².